The second-order valence-corrected chi connectivity index (χ2v) is 9.41. The van der Waals surface area contributed by atoms with Crippen LogP contribution < -0.4 is 0 Å². The molecule has 0 bridgehead atoms. The van der Waals surface area contributed by atoms with Crippen molar-refractivity contribution in [2.45, 2.75) is 71.3 Å². The number of hydrogen-bond acceptors (Lipinski definition) is 3. The second kappa shape index (κ2) is 4.91. The molecule has 23 heavy (non-hydrogen) atoms. The van der Waals surface area contributed by atoms with Gasteiger partial charge in [-0.1, -0.05) is 13.8 Å². The fraction of sp³-hybridized carbons (Fsp3) is 0.900. The molecule has 4 fully saturated rings. The number of hydrogen-bond donors (Lipinski definition) is 1. The minimum Gasteiger partial charge on any atom is -0.390 e. The Morgan fingerprint density at radius 1 is 1.00 bits per heavy atom. The van der Waals surface area contributed by atoms with Crippen molar-refractivity contribution in [3.05, 3.63) is 0 Å². The minimum absolute atomic E-state index is 0.0199. The molecule has 0 aromatic heterocycles. The average Bonchev–Trinajstić information content (AvgIpc) is 2.93. The topological polar surface area (TPSA) is 54.4 Å². The summed E-state index contributed by atoms with van der Waals surface area (Å²) in [5.41, 5.74) is -0.600. The van der Waals surface area contributed by atoms with Crippen LogP contribution in [-0.2, 0) is 9.59 Å². The van der Waals surface area contributed by atoms with Crippen molar-refractivity contribution < 1.29 is 14.7 Å². The molecule has 4 aliphatic rings. The molecule has 0 amide bonds. The molecule has 4 saturated carbocycles. The molecule has 4 aliphatic carbocycles. The maximum atomic E-state index is 12.7. The number of carbonyl (C=O) groups excluding carboxylic acids is 2. The smallest absolute Gasteiger partial charge is 0.143 e. The van der Waals surface area contributed by atoms with Gasteiger partial charge in [-0.25, -0.2) is 0 Å². The summed E-state index contributed by atoms with van der Waals surface area (Å²) in [5, 5.41) is 11.0. The highest BCUT2D eigenvalue weighted by Gasteiger charge is 2.62. The van der Waals surface area contributed by atoms with Gasteiger partial charge in [0.1, 0.15) is 11.6 Å². The van der Waals surface area contributed by atoms with E-state index in [0.717, 1.165) is 32.1 Å². The van der Waals surface area contributed by atoms with Gasteiger partial charge in [0.25, 0.3) is 0 Å². The minimum atomic E-state index is -0.580. The van der Waals surface area contributed by atoms with Crippen molar-refractivity contribution in [1.29, 1.82) is 0 Å². The predicted molar refractivity (Wildman–Crippen MR) is 87.7 cm³/mol. The molecule has 0 aromatic carbocycles. The molecule has 0 aromatic rings. The first kappa shape index (κ1) is 15.8. The van der Waals surface area contributed by atoms with Crippen molar-refractivity contribution >= 4 is 11.6 Å². The van der Waals surface area contributed by atoms with Crippen molar-refractivity contribution in [1.82, 2.24) is 0 Å². The van der Waals surface area contributed by atoms with Crippen LogP contribution in [0.2, 0.25) is 0 Å². The lowest BCUT2D eigenvalue weighted by molar-refractivity contribution is -0.132. The van der Waals surface area contributed by atoms with Crippen LogP contribution in [-0.4, -0.2) is 22.3 Å². The second-order valence-electron chi connectivity index (χ2n) is 9.41. The van der Waals surface area contributed by atoms with Gasteiger partial charge >= 0.3 is 0 Å². The molecule has 0 saturated heterocycles. The van der Waals surface area contributed by atoms with Gasteiger partial charge in [0, 0.05) is 12.8 Å². The Morgan fingerprint density at radius 2 is 1.74 bits per heavy atom. The largest absolute Gasteiger partial charge is 0.390 e. The molecule has 0 heterocycles. The molecule has 1 N–H and O–H groups in total. The van der Waals surface area contributed by atoms with E-state index in [0.29, 0.717) is 42.4 Å². The lowest BCUT2D eigenvalue weighted by atomic mass is 9.53. The summed E-state index contributed by atoms with van der Waals surface area (Å²) in [6.07, 6.45) is 6.19. The monoisotopic (exact) mass is 318 g/mol. The van der Waals surface area contributed by atoms with Gasteiger partial charge in [-0.3, -0.25) is 9.59 Å². The molecule has 4 rings (SSSR count). The van der Waals surface area contributed by atoms with Crippen LogP contribution >= 0.6 is 0 Å². The summed E-state index contributed by atoms with van der Waals surface area (Å²) in [4.78, 5) is 25.0. The van der Waals surface area contributed by atoms with Gasteiger partial charge in [0.15, 0.2) is 0 Å². The Bertz CT molecular complexity index is 551. The summed E-state index contributed by atoms with van der Waals surface area (Å²) in [6, 6.07) is 0. The number of rotatable bonds is 0. The normalized spacial score (nSPS) is 56.0. The Hall–Kier alpha value is -0.700. The van der Waals surface area contributed by atoms with E-state index in [-0.39, 0.29) is 22.9 Å². The van der Waals surface area contributed by atoms with Gasteiger partial charge in [-0.05, 0) is 74.0 Å². The molecule has 8 atom stereocenters. The van der Waals surface area contributed by atoms with E-state index >= 15 is 0 Å². The SMILES string of the molecule is CC1CC(=O)C2C(=O)CCC2C2CC[C@@]3(C)C(CC[C@]3(C)O)C12. The first-order valence-corrected chi connectivity index (χ1v) is 9.54. The van der Waals surface area contributed by atoms with E-state index in [4.69, 9.17) is 0 Å². The van der Waals surface area contributed by atoms with Crippen LogP contribution in [0, 0.1) is 40.9 Å². The number of Topliss-reactive ketones (excluding diaryl/α,β-unsaturated/α-hetero) is 2. The molecule has 3 nitrogen and oxygen atoms in total. The Morgan fingerprint density at radius 3 is 2.48 bits per heavy atom. The van der Waals surface area contributed by atoms with Crippen LogP contribution in [0.5, 0.6) is 0 Å². The molecular weight excluding hydrogens is 288 g/mol. The molecule has 0 radical (unpaired) electrons. The third-order valence-electron chi connectivity index (χ3n) is 8.52. The van der Waals surface area contributed by atoms with Gasteiger partial charge < -0.3 is 5.11 Å². The lowest BCUT2D eigenvalue weighted by Crippen LogP contribution is -2.51. The molecule has 6 unspecified atom stereocenters. The summed E-state index contributed by atoms with van der Waals surface area (Å²) >= 11 is 0. The maximum absolute atomic E-state index is 12.7. The molecular formula is C20H30O3. The van der Waals surface area contributed by atoms with E-state index in [2.05, 4.69) is 13.8 Å². The van der Waals surface area contributed by atoms with E-state index in [9.17, 15) is 14.7 Å². The van der Waals surface area contributed by atoms with E-state index in [1.54, 1.807) is 0 Å². The third kappa shape index (κ3) is 1.98. The van der Waals surface area contributed by atoms with Crippen molar-refractivity contribution in [3.8, 4) is 0 Å². The summed E-state index contributed by atoms with van der Waals surface area (Å²) in [5.74, 6) is 2.30. The van der Waals surface area contributed by atoms with Crippen molar-refractivity contribution in [2.24, 2.45) is 40.9 Å². The van der Waals surface area contributed by atoms with E-state index in [1.165, 1.54) is 0 Å². The van der Waals surface area contributed by atoms with Crippen LogP contribution in [0.3, 0.4) is 0 Å². The fourth-order valence-electron chi connectivity index (χ4n) is 7.12. The van der Waals surface area contributed by atoms with Gasteiger partial charge in [0.05, 0.1) is 11.5 Å². The van der Waals surface area contributed by atoms with E-state index in [1.807, 2.05) is 6.92 Å². The molecule has 0 spiro atoms. The van der Waals surface area contributed by atoms with Gasteiger partial charge in [0.2, 0.25) is 0 Å². The average molecular weight is 318 g/mol. The number of ketones is 2. The first-order chi connectivity index (χ1) is 10.8. The van der Waals surface area contributed by atoms with Crippen LogP contribution in [0.15, 0.2) is 0 Å². The summed E-state index contributed by atoms with van der Waals surface area (Å²) in [7, 11) is 0. The Kier molecular flexibility index (Phi) is 3.37. The number of fused-ring (bicyclic) bond motifs is 5. The number of carbonyl (C=O) groups is 2. The van der Waals surface area contributed by atoms with Crippen molar-refractivity contribution in [3.63, 3.8) is 0 Å². The summed E-state index contributed by atoms with van der Waals surface area (Å²) in [6.45, 7) is 6.51. The quantitative estimate of drug-likeness (QED) is 0.697. The van der Waals surface area contributed by atoms with Crippen LogP contribution in [0.1, 0.15) is 65.7 Å². The van der Waals surface area contributed by atoms with Gasteiger partial charge in [-0.2, -0.15) is 0 Å². The van der Waals surface area contributed by atoms with Gasteiger partial charge in [-0.15, -0.1) is 0 Å². The maximum Gasteiger partial charge on any atom is 0.143 e. The third-order valence-corrected chi connectivity index (χ3v) is 8.52. The van der Waals surface area contributed by atoms with Crippen LogP contribution in [0.4, 0.5) is 0 Å². The predicted octanol–water partition coefficient (Wildman–Crippen LogP) is 3.38. The number of aliphatic hydroxyl groups is 1. The zero-order valence-electron chi connectivity index (χ0n) is 14.7. The van der Waals surface area contributed by atoms with Crippen molar-refractivity contribution in [2.75, 3.05) is 0 Å². The molecule has 0 aliphatic heterocycles. The standard InChI is InChI=1S/C20H30O3/c1-11-10-16(22)18-12(4-5-15(18)21)13-6-8-19(2)14(17(11)13)7-9-20(19,3)23/h11-14,17-18,23H,4-10H2,1-3H3/t11?,12?,13?,14?,17?,18?,19-,20-/m0/s1. The fourth-order valence-corrected chi connectivity index (χ4v) is 7.12. The lowest BCUT2D eigenvalue weighted by Gasteiger charge is -2.53. The zero-order chi connectivity index (χ0) is 16.6. The first-order valence-electron chi connectivity index (χ1n) is 9.54. The van der Waals surface area contributed by atoms with Crippen LogP contribution in [0.25, 0.3) is 0 Å². The zero-order valence-corrected chi connectivity index (χ0v) is 14.7. The highest BCUT2D eigenvalue weighted by molar-refractivity contribution is 6.04. The Labute approximate surface area is 139 Å². The summed E-state index contributed by atoms with van der Waals surface area (Å²) < 4.78 is 0. The highest BCUT2D eigenvalue weighted by Crippen LogP contribution is 2.65. The molecule has 3 heteroatoms. The highest BCUT2D eigenvalue weighted by atomic mass is 16.3. The van der Waals surface area contributed by atoms with E-state index < -0.39 is 5.60 Å². The Balaban J connectivity index is 1.74. The molecule has 128 valence electrons.